The highest BCUT2D eigenvalue weighted by Gasteiger charge is 2.31. The predicted molar refractivity (Wildman–Crippen MR) is 91.9 cm³/mol. The molecular weight excluding hydrogens is 391 g/mol. The van der Waals surface area contributed by atoms with Crippen molar-refractivity contribution in [2.75, 3.05) is 18.5 Å². The van der Waals surface area contributed by atoms with Crippen LogP contribution in [0.5, 0.6) is 0 Å². The van der Waals surface area contributed by atoms with Crippen LogP contribution in [0.15, 0.2) is 18.2 Å². The Morgan fingerprint density at radius 1 is 1.26 bits per heavy atom. The number of benzene rings is 1. The molecule has 0 spiro atoms. The van der Waals surface area contributed by atoms with E-state index < -0.39 is 48.7 Å². The molecule has 0 fully saturated rings. The van der Waals surface area contributed by atoms with Crippen LogP contribution in [0.1, 0.15) is 19.4 Å². The first-order valence-electron chi connectivity index (χ1n) is 7.76. The number of anilines is 1. The minimum Gasteiger partial charge on any atom is -0.454 e. The molecule has 0 aromatic heterocycles. The third-order valence-corrected chi connectivity index (χ3v) is 3.65. The summed E-state index contributed by atoms with van der Waals surface area (Å²) in [4.78, 5) is 34.2. The van der Waals surface area contributed by atoms with Crippen molar-refractivity contribution in [3.05, 3.63) is 28.8 Å². The third kappa shape index (κ3) is 7.33. The van der Waals surface area contributed by atoms with Crippen molar-refractivity contribution in [1.29, 1.82) is 0 Å². The fraction of sp³-hybridized carbons (Fsp3) is 0.438. The molecule has 7 nitrogen and oxygen atoms in total. The zero-order valence-corrected chi connectivity index (χ0v) is 15.3. The van der Waals surface area contributed by atoms with Gasteiger partial charge in [0, 0.05) is 0 Å². The van der Waals surface area contributed by atoms with Crippen molar-refractivity contribution in [3.63, 3.8) is 0 Å². The summed E-state index contributed by atoms with van der Waals surface area (Å²) in [5, 5.41) is 4.65. The average molecular weight is 410 g/mol. The number of esters is 1. The summed E-state index contributed by atoms with van der Waals surface area (Å²) in [5.41, 5.74) is 4.05. The SMILES string of the molecule is CC(C)[C@H](Nc1ccc(C(F)(F)F)cc1Cl)C(=O)OCC(=O)NCC(N)=O. The largest absolute Gasteiger partial charge is 0.454 e. The first-order valence-corrected chi connectivity index (χ1v) is 8.14. The van der Waals surface area contributed by atoms with E-state index in [1.165, 1.54) is 0 Å². The average Bonchev–Trinajstić information content (AvgIpc) is 2.55. The first kappa shape index (κ1) is 22.6. The number of nitrogens with one attached hydrogen (secondary N) is 2. The molecule has 1 atom stereocenters. The Morgan fingerprint density at radius 3 is 2.37 bits per heavy atom. The number of primary amides is 1. The molecule has 0 saturated heterocycles. The number of ether oxygens (including phenoxy) is 1. The fourth-order valence-electron chi connectivity index (χ4n) is 1.94. The summed E-state index contributed by atoms with van der Waals surface area (Å²) in [5.74, 6) is -2.62. The molecular formula is C16H19ClF3N3O4. The van der Waals surface area contributed by atoms with E-state index in [1.807, 2.05) is 0 Å². The van der Waals surface area contributed by atoms with E-state index in [1.54, 1.807) is 13.8 Å². The second-order valence-corrected chi connectivity index (χ2v) is 6.32. The molecule has 1 aromatic carbocycles. The molecule has 1 aromatic rings. The summed E-state index contributed by atoms with van der Waals surface area (Å²) >= 11 is 5.86. The Bertz CT molecular complexity index is 711. The number of hydrogen-bond donors (Lipinski definition) is 3. The van der Waals surface area contributed by atoms with Crippen molar-refractivity contribution in [2.24, 2.45) is 11.7 Å². The Morgan fingerprint density at radius 2 is 1.89 bits per heavy atom. The van der Waals surface area contributed by atoms with Gasteiger partial charge in [0.05, 0.1) is 22.8 Å². The van der Waals surface area contributed by atoms with Crippen LogP contribution in [-0.4, -0.2) is 37.0 Å². The molecule has 0 aliphatic carbocycles. The minimum atomic E-state index is -4.54. The number of amides is 2. The maximum atomic E-state index is 12.7. The molecule has 2 amide bonds. The van der Waals surface area contributed by atoms with Gasteiger partial charge in [-0.3, -0.25) is 9.59 Å². The second-order valence-electron chi connectivity index (χ2n) is 5.91. The van der Waals surface area contributed by atoms with Crippen molar-refractivity contribution >= 4 is 35.1 Å². The van der Waals surface area contributed by atoms with E-state index in [4.69, 9.17) is 22.1 Å². The minimum absolute atomic E-state index is 0.110. The van der Waals surface area contributed by atoms with Crippen LogP contribution in [-0.2, 0) is 25.3 Å². The standard InChI is InChI=1S/C16H19ClF3N3O4/c1-8(2)14(15(26)27-7-13(25)22-6-12(21)24)23-11-4-3-9(5-10(11)17)16(18,19)20/h3-5,8,14,23H,6-7H2,1-2H3,(H2,21,24)(H,22,25)/t14-/m0/s1. The van der Waals surface area contributed by atoms with Crippen LogP contribution < -0.4 is 16.4 Å². The van der Waals surface area contributed by atoms with Crippen LogP contribution in [0, 0.1) is 5.92 Å². The fourth-order valence-corrected chi connectivity index (χ4v) is 2.17. The summed E-state index contributed by atoms with van der Waals surface area (Å²) in [6.07, 6.45) is -4.54. The van der Waals surface area contributed by atoms with Gasteiger partial charge in [-0.1, -0.05) is 25.4 Å². The lowest BCUT2D eigenvalue weighted by Gasteiger charge is -2.22. The molecule has 0 bridgehead atoms. The van der Waals surface area contributed by atoms with Crippen molar-refractivity contribution in [2.45, 2.75) is 26.1 Å². The molecule has 0 aliphatic rings. The Labute approximate surface area is 158 Å². The molecule has 0 heterocycles. The van der Waals surface area contributed by atoms with Crippen LogP contribution in [0.3, 0.4) is 0 Å². The molecule has 0 aliphatic heterocycles. The Kier molecular flexibility index (Phi) is 7.89. The van der Waals surface area contributed by atoms with Crippen LogP contribution >= 0.6 is 11.6 Å². The summed E-state index contributed by atoms with van der Waals surface area (Å²) < 4.78 is 42.9. The van der Waals surface area contributed by atoms with E-state index in [2.05, 4.69) is 10.6 Å². The van der Waals surface area contributed by atoms with Crippen molar-refractivity contribution in [3.8, 4) is 0 Å². The highest BCUT2D eigenvalue weighted by atomic mass is 35.5. The van der Waals surface area contributed by atoms with Gasteiger partial charge in [0.25, 0.3) is 5.91 Å². The van der Waals surface area contributed by atoms with Gasteiger partial charge in [-0.2, -0.15) is 13.2 Å². The summed E-state index contributed by atoms with van der Waals surface area (Å²) in [7, 11) is 0. The van der Waals surface area contributed by atoms with E-state index in [0.29, 0.717) is 0 Å². The Hall–Kier alpha value is -2.49. The number of carbonyl (C=O) groups excluding carboxylic acids is 3. The number of rotatable bonds is 8. The quantitative estimate of drug-likeness (QED) is 0.568. The van der Waals surface area contributed by atoms with Gasteiger partial charge in [-0.05, 0) is 24.1 Å². The molecule has 11 heteroatoms. The highest BCUT2D eigenvalue weighted by Crippen LogP contribution is 2.34. The molecule has 0 unspecified atom stereocenters. The maximum Gasteiger partial charge on any atom is 0.416 e. The lowest BCUT2D eigenvalue weighted by molar-refractivity contribution is -0.150. The van der Waals surface area contributed by atoms with Gasteiger partial charge >= 0.3 is 12.1 Å². The van der Waals surface area contributed by atoms with Crippen molar-refractivity contribution < 1.29 is 32.3 Å². The first-order chi connectivity index (χ1) is 12.4. The lowest BCUT2D eigenvalue weighted by Crippen LogP contribution is -2.40. The number of carbonyl (C=O) groups is 3. The number of nitrogens with two attached hydrogens (primary N) is 1. The molecule has 27 heavy (non-hydrogen) atoms. The third-order valence-electron chi connectivity index (χ3n) is 3.33. The molecule has 150 valence electrons. The van der Waals surface area contributed by atoms with Crippen LogP contribution in [0.4, 0.5) is 18.9 Å². The lowest BCUT2D eigenvalue weighted by atomic mass is 10.0. The number of alkyl halides is 3. The zero-order valence-electron chi connectivity index (χ0n) is 14.5. The molecule has 0 saturated carbocycles. The van der Waals surface area contributed by atoms with Gasteiger partial charge < -0.3 is 21.1 Å². The van der Waals surface area contributed by atoms with E-state index in [-0.39, 0.29) is 16.6 Å². The molecule has 1 rings (SSSR count). The summed E-state index contributed by atoms with van der Waals surface area (Å²) in [6.45, 7) is 2.30. The topological polar surface area (TPSA) is 111 Å². The van der Waals surface area contributed by atoms with Gasteiger partial charge in [-0.15, -0.1) is 0 Å². The monoisotopic (exact) mass is 409 g/mol. The zero-order chi connectivity index (χ0) is 20.8. The van der Waals surface area contributed by atoms with Gasteiger partial charge in [-0.25, -0.2) is 4.79 Å². The Balaban J connectivity index is 2.77. The van der Waals surface area contributed by atoms with Crippen LogP contribution in [0.25, 0.3) is 0 Å². The van der Waals surface area contributed by atoms with E-state index in [9.17, 15) is 27.6 Å². The smallest absolute Gasteiger partial charge is 0.416 e. The van der Waals surface area contributed by atoms with E-state index in [0.717, 1.165) is 18.2 Å². The second kappa shape index (κ2) is 9.45. The van der Waals surface area contributed by atoms with E-state index >= 15 is 0 Å². The summed E-state index contributed by atoms with van der Waals surface area (Å²) in [6, 6.07) is 1.70. The van der Waals surface area contributed by atoms with Gasteiger partial charge in [0.1, 0.15) is 6.04 Å². The normalized spacial score (nSPS) is 12.4. The number of halogens is 4. The maximum absolute atomic E-state index is 12.7. The van der Waals surface area contributed by atoms with Gasteiger partial charge in [0.15, 0.2) is 6.61 Å². The molecule has 4 N–H and O–H groups in total. The van der Waals surface area contributed by atoms with Crippen LogP contribution in [0.2, 0.25) is 5.02 Å². The molecule has 0 radical (unpaired) electrons. The highest BCUT2D eigenvalue weighted by molar-refractivity contribution is 6.33. The number of hydrogen-bond acceptors (Lipinski definition) is 5. The predicted octanol–water partition coefficient (Wildman–Crippen LogP) is 1.94. The van der Waals surface area contributed by atoms with Crippen molar-refractivity contribution in [1.82, 2.24) is 5.32 Å². The van der Waals surface area contributed by atoms with Gasteiger partial charge in [0.2, 0.25) is 5.91 Å².